The molecule has 1 unspecified atom stereocenters. The molecule has 2 N–H and O–H groups in total. The number of aliphatic hydroxyl groups excluding tert-OH is 1. The average Bonchev–Trinajstić information content (AvgIpc) is 2.37. The maximum Gasteiger partial charge on any atom is 0.227 e. The van der Waals surface area contributed by atoms with Crippen molar-refractivity contribution in [2.75, 3.05) is 46.9 Å². The molecular formula is C13H27N3O2. The van der Waals surface area contributed by atoms with Crippen LogP contribution in [-0.2, 0) is 4.79 Å². The number of carbonyl (C=O) groups excluding carboxylic acids is 1. The lowest BCUT2D eigenvalue weighted by atomic mass is 10.0. The van der Waals surface area contributed by atoms with Gasteiger partial charge in [0.2, 0.25) is 5.91 Å². The molecule has 0 radical (unpaired) electrons. The van der Waals surface area contributed by atoms with Crippen molar-refractivity contribution in [3.8, 4) is 0 Å². The van der Waals surface area contributed by atoms with Crippen LogP contribution in [0.4, 0.5) is 0 Å². The van der Waals surface area contributed by atoms with E-state index in [9.17, 15) is 4.79 Å². The van der Waals surface area contributed by atoms with Gasteiger partial charge >= 0.3 is 0 Å². The molecule has 0 aliphatic carbocycles. The molecule has 1 aliphatic heterocycles. The largest absolute Gasteiger partial charge is 0.395 e. The van der Waals surface area contributed by atoms with E-state index >= 15 is 0 Å². The molecule has 106 valence electrons. The molecule has 1 aliphatic rings. The fourth-order valence-corrected chi connectivity index (χ4v) is 2.56. The Morgan fingerprint density at radius 1 is 1.50 bits per heavy atom. The molecule has 1 atom stereocenters. The first kappa shape index (κ1) is 15.4. The molecule has 1 heterocycles. The van der Waals surface area contributed by atoms with Crippen molar-refractivity contribution in [1.29, 1.82) is 0 Å². The molecular weight excluding hydrogens is 230 g/mol. The Labute approximate surface area is 110 Å². The third-order valence-electron chi connectivity index (χ3n) is 3.68. The smallest absolute Gasteiger partial charge is 0.227 e. The van der Waals surface area contributed by atoms with E-state index in [0.717, 1.165) is 25.9 Å². The molecule has 0 spiro atoms. The van der Waals surface area contributed by atoms with Crippen LogP contribution >= 0.6 is 0 Å². The molecule has 0 aromatic rings. The van der Waals surface area contributed by atoms with Gasteiger partial charge in [0, 0.05) is 25.0 Å². The Balaban J connectivity index is 2.60. The van der Waals surface area contributed by atoms with Crippen LogP contribution in [0.25, 0.3) is 0 Å². The standard InChI is InChI=1S/C13H27N3O2/c1-11(10-14-2)13(18)16(8-9-17)12-4-6-15(3)7-5-12/h11-12,14,17H,4-10H2,1-3H3. The zero-order chi connectivity index (χ0) is 13.5. The minimum absolute atomic E-state index is 0.0267. The van der Waals surface area contributed by atoms with E-state index in [1.165, 1.54) is 0 Å². The number of hydrogen-bond acceptors (Lipinski definition) is 4. The van der Waals surface area contributed by atoms with Crippen molar-refractivity contribution in [1.82, 2.24) is 15.1 Å². The average molecular weight is 257 g/mol. The maximum absolute atomic E-state index is 12.4. The molecule has 1 fully saturated rings. The van der Waals surface area contributed by atoms with Crippen molar-refractivity contribution >= 4 is 5.91 Å². The summed E-state index contributed by atoms with van der Waals surface area (Å²) in [5.74, 6) is 0.133. The number of aliphatic hydroxyl groups is 1. The lowest BCUT2D eigenvalue weighted by molar-refractivity contribution is -0.138. The van der Waals surface area contributed by atoms with Gasteiger partial charge in [-0.05, 0) is 40.0 Å². The Hall–Kier alpha value is -0.650. The topological polar surface area (TPSA) is 55.8 Å². The number of amides is 1. The van der Waals surface area contributed by atoms with E-state index in [4.69, 9.17) is 5.11 Å². The zero-order valence-electron chi connectivity index (χ0n) is 11.9. The predicted molar refractivity (Wildman–Crippen MR) is 72.4 cm³/mol. The Kier molecular flexibility index (Phi) is 6.60. The van der Waals surface area contributed by atoms with Gasteiger partial charge in [0.15, 0.2) is 0 Å². The van der Waals surface area contributed by atoms with E-state index in [-0.39, 0.29) is 18.4 Å². The highest BCUT2D eigenvalue weighted by Crippen LogP contribution is 2.17. The van der Waals surface area contributed by atoms with Gasteiger partial charge in [0.1, 0.15) is 0 Å². The normalized spacial score (nSPS) is 19.8. The number of likely N-dealkylation sites (tertiary alicyclic amines) is 1. The molecule has 0 bridgehead atoms. The highest BCUT2D eigenvalue weighted by molar-refractivity contribution is 5.79. The molecule has 0 aromatic carbocycles. The van der Waals surface area contributed by atoms with E-state index in [2.05, 4.69) is 17.3 Å². The summed E-state index contributed by atoms with van der Waals surface area (Å²) in [5.41, 5.74) is 0. The molecule has 1 saturated heterocycles. The first-order valence-corrected chi connectivity index (χ1v) is 6.84. The van der Waals surface area contributed by atoms with Crippen molar-refractivity contribution in [3.05, 3.63) is 0 Å². The number of hydrogen-bond donors (Lipinski definition) is 2. The van der Waals surface area contributed by atoms with Crippen LogP contribution in [-0.4, -0.2) is 73.7 Å². The second-order valence-electron chi connectivity index (χ2n) is 5.25. The molecule has 0 saturated carbocycles. The van der Waals surface area contributed by atoms with E-state index < -0.39 is 0 Å². The van der Waals surface area contributed by atoms with Crippen molar-refractivity contribution in [2.45, 2.75) is 25.8 Å². The molecule has 5 nitrogen and oxygen atoms in total. The van der Waals surface area contributed by atoms with Crippen LogP contribution in [0.1, 0.15) is 19.8 Å². The molecule has 18 heavy (non-hydrogen) atoms. The summed E-state index contributed by atoms with van der Waals surface area (Å²) in [5, 5.41) is 12.2. The van der Waals surface area contributed by atoms with E-state index in [0.29, 0.717) is 19.1 Å². The maximum atomic E-state index is 12.4. The number of nitrogens with one attached hydrogen (secondary N) is 1. The zero-order valence-corrected chi connectivity index (χ0v) is 11.9. The Bertz CT molecular complexity index is 253. The highest BCUT2D eigenvalue weighted by atomic mass is 16.3. The number of piperidine rings is 1. The van der Waals surface area contributed by atoms with E-state index in [1.54, 1.807) is 0 Å². The van der Waals surface area contributed by atoms with Gasteiger partial charge in [-0.2, -0.15) is 0 Å². The Morgan fingerprint density at radius 3 is 2.61 bits per heavy atom. The number of carbonyl (C=O) groups is 1. The van der Waals surface area contributed by atoms with Gasteiger partial charge in [-0.1, -0.05) is 6.92 Å². The first-order valence-electron chi connectivity index (χ1n) is 6.84. The fraction of sp³-hybridized carbons (Fsp3) is 0.923. The lowest BCUT2D eigenvalue weighted by Gasteiger charge is -2.38. The van der Waals surface area contributed by atoms with Crippen LogP contribution in [0.5, 0.6) is 0 Å². The second kappa shape index (κ2) is 7.71. The third-order valence-corrected chi connectivity index (χ3v) is 3.68. The van der Waals surface area contributed by atoms with Gasteiger partial charge in [-0.25, -0.2) is 0 Å². The highest BCUT2D eigenvalue weighted by Gasteiger charge is 2.28. The quantitative estimate of drug-likeness (QED) is 0.689. The molecule has 1 amide bonds. The van der Waals surface area contributed by atoms with Crippen molar-refractivity contribution < 1.29 is 9.90 Å². The summed E-state index contributed by atoms with van der Waals surface area (Å²) in [4.78, 5) is 16.5. The van der Waals surface area contributed by atoms with Crippen LogP contribution < -0.4 is 5.32 Å². The minimum atomic E-state index is -0.0267. The van der Waals surface area contributed by atoms with Crippen LogP contribution in [0.15, 0.2) is 0 Å². The predicted octanol–water partition coefficient (Wildman–Crippen LogP) is -0.243. The molecule has 1 rings (SSSR count). The summed E-state index contributed by atoms with van der Waals surface area (Å²) in [7, 11) is 3.97. The summed E-state index contributed by atoms with van der Waals surface area (Å²) >= 11 is 0. The van der Waals surface area contributed by atoms with Gasteiger partial charge in [0.05, 0.1) is 6.61 Å². The monoisotopic (exact) mass is 257 g/mol. The van der Waals surface area contributed by atoms with Gasteiger partial charge < -0.3 is 20.2 Å². The summed E-state index contributed by atoms with van der Waals surface area (Å²) in [6.07, 6.45) is 2.02. The summed E-state index contributed by atoms with van der Waals surface area (Å²) in [6, 6.07) is 0.292. The number of rotatable bonds is 6. The Morgan fingerprint density at radius 2 is 2.11 bits per heavy atom. The van der Waals surface area contributed by atoms with Crippen molar-refractivity contribution in [3.63, 3.8) is 0 Å². The van der Waals surface area contributed by atoms with E-state index in [1.807, 2.05) is 18.9 Å². The van der Waals surface area contributed by atoms with Crippen LogP contribution in [0, 0.1) is 5.92 Å². The van der Waals surface area contributed by atoms with Crippen LogP contribution in [0.3, 0.4) is 0 Å². The molecule has 5 heteroatoms. The van der Waals surface area contributed by atoms with Gasteiger partial charge in [-0.15, -0.1) is 0 Å². The minimum Gasteiger partial charge on any atom is -0.395 e. The van der Waals surface area contributed by atoms with Crippen LogP contribution in [0.2, 0.25) is 0 Å². The van der Waals surface area contributed by atoms with Crippen molar-refractivity contribution in [2.24, 2.45) is 5.92 Å². The molecule has 0 aromatic heterocycles. The fourth-order valence-electron chi connectivity index (χ4n) is 2.56. The number of nitrogens with zero attached hydrogens (tertiary/aromatic N) is 2. The lowest BCUT2D eigenvalue weighted by Crippen LogP contribution is -2.50. The SMILES string of the molecule is CNCC(C)C(=O)N(CCO)C1CCN(C)CC1. The summed E-state index contributed by atoms with van der Waals surface area (Å²) in [6.45, 7) is 5.19. The second-order valence-corrected chi connectivity index (χ2v) is 5.25. The van der Waals surface area contributed by atoms with Gasteiger partial charge in [0.25, 0.3) is 0 Å². The first-order chi connectivity index (χ1) is 8.60. The summed E-state index contributed by atoms with van der Waals surface area (Å²) < 4.78 is 0. The third kappa shape index (κ3) is 4.23. The van der Waals surface area contributed by atoms with Gasteiger partial charge in [-0.3, -0.25) is 4.79 Å².